The van der Waals surface area contributed by atoms with Crippen molar-refractivity contribution in [2.75, 3.05) is 30.3 Å². The third-order valence-corrected chi connectivity index (χ3v) is 5.60. The summed E-state index contributed by atoms with van der Waals surface area (Å²) in [5.41, 5.74) is 3.60. The lowest BCUT2D eigenvalue weighted by molar-refractivity contribution is -0.121. The summed E-state index contributed by atoms with van der Waals surface area (Å²) in [6.45, 7) is 5.71. The number of hydrogen-bond acceptors (Lipinski definition) is 3. The van der Waals surface area contributed by atoms with Crippen molar-refractivity contribution in [3.05, 3.63) is 58.6 Å². The first-order chi connectivity index (χ1) is 13.4. The molecule has 0 unspecified atom stereocenters. The second-order valence-electron chi connectivity index (χ2n) is 7.37. The fraction of sp³-hybridized carbons (Fsp3) is 0.364. The van der Waals surface area contributed by atoms with Crippen LogP contribution in [0.1, 0.15) is 24.0 Å². The number of likely N-dealkylation sites (tertiary alicyclic amines) is 1. The number of hydrogen-bond donors (Lipinski definition) is 2. The first-order valence-electron chi connectivity index (χ1n) is 9.57. The molecule has 0 spiro atoms. The summed E-state index contributed by atoms with van der Waals surface area (Å²) in [5, 5.41) is 6.56. The van der Waals surface area contributed by atoms with Crippen LogP contribution in [0.25, 0.3) is 0 Å². The van der Waals surface area contributed by atoms with E-state index in [-0.39, 0.29) is 17.7 Å². The van der Waals surface area contributed by atoms with Crippen LogP contribution < -0.4 is 10.6 Å². The minimum Gasteiger partial charge on any atom is -0.326 e. The van der Waals surface area contributed by atoms with Crippen LogP contribution in [-0.2, 0) is 9.59 Å². The van der Waals surface area contributed by atoms with Gasteiger partial charge in [0.1, 0.15) is 0 Å². The van der Waals surface area contributed by atoms with Crippen molar-refractivity contribution >= 4 is 34.8 Å². The van der Waals surface area contributed by atoms with Crippen molar-refractivity contribution in [1.82, 2.24) is 4.90 Å². The molecule has 1 heterocycles. The van der Waals surface area contributed by atoms with Crippen molar-refractivity contribution in [3.8, 4) is 0 Å². The average Bonchev–Trinajstić information content (AvgIpc) is 2.68. The molecular weight excluding hydrogens is 374 g/mol. The number of nitrogens with zero attached hydrogens (tertiary/aromatic N) is 1. The molecule has 2 amide bonds. The van der Waals surface area contributed by atoms with Gasteiger partial charge < -0.3 is 10.6 Å². The smallest absolute Gasteiger partial charge is 0.238 e. The molecule has 3 rings (SSSR count). The van der Waals surface area contributed by atoms with Crippen molar-refractivity contribution in [3.63, 3.8) is 0 Å². The van der Waals surface area contributed by atoms with E-state index in [0.717, 1.165) is 48.4 Å². The molecule has 0 radical (unpaired) electrons. The summed E-state index contributed by atoms with van der Waals surface area (Å²) in [4.78, 5) is 26.9. The van der Waals surface area contributed by atoms with Gasteiger partial charge in [-0.2, -0.15) is 0 Å². The number of piperidine rings is 1. The van der Waals surface area contributed by atoms with E-state index in [1.165, 1.54) is 0 Å². The predicted molar refractivity (Wildman–Crippen MR) is 114 cm³/mol. The van der Waals surface area contributed by atoms with E-state index in [9.17, 15) is 9.59 Å². The van der Waals surface area contributed by atoms with Gasteiger partial charge in [-0.15, -0.1) is 0 Å². The normalized spacial score (nSPS) is 15.2. The molecule has 1 aliphatic heterocycles. The first kappa shape index (κ1) is 20.4. The zero-order chi connectivity index (χ0) is 20.1. The summed E-state index contributed by atoms with van der Waals surface area (Å²) < 4.78 is 0. The van der Waals surface area contributed by atoms with Gasteiger partial charge in [0.25, 0.3) is 0 Å². The molecule has 0 bridgehead atoms. The second-order valence-corrected chi connectivity index (χ2v) is 7.77. The fourth-order valence-electron chi connectivity index (χ4n) is 3.37. The maximum atomic E-state index is 12.6. The van der Waals surface area contributed by atoms with Crippen molar-refractivity contribution in [2.45, 2.75) is 26.7 Å². The van der Waals surface area contributed by atoms with Gasteiger partial charge >= 0.3 is 0 Å². The Balaban J connectivity index is 1.46. The average molecular weight is 400 g/mol. The molecule has 2 aromatic carbocycles. The van der Waals surface area contributed by atoms with E-state index in [2.05, 4.69) is 15.5 Å². The van der Waals surface area contributed by atoms with E-state index in [0.29, 0.717) is 11.6 Å². The molecule has 1 fully saturated rings. The molecule has 0 atom stereocenters. The number of carbonyl (C=O) groups is 2. The Bertz CT molecular complexity index is 843. The highest BCUT2D eigenvalue weighted by Crippen LogP contribution is 2.25. The zero-order valence-electron chi connectivity index (χ0n) is 16.3. The van der Waals surface area contributed by atoms with Gasteiger partial charge in [-0.05, 0) is 69.6 Å². The number of rotatable bonds is 5. The van der Waals surface area contributed by atoms with Crippen LogP contribution in [0.5, 0.6) is 0 Å². The van der Waals surface area contributed by atoms with Crippen LogP contribution in [0, 0.1) is 19.8 Å². The summed E-state index contributed by atoms with van der Waals surface area (Å²) in [6, 6.07) is 13.3. The minimum absolute atomic E-state index is 0.0223. The van der Waals surface area contributed by atoms with Gasteiger partial charge in [-0.1, -0.05) is 35.4 Å². The van der Waals surface area contributed by atoms with Crippen LogP contribution >= 0.6 is 11.6 Å². The van der Waals surface area contributed by atoms with Crippen LogP contribution in [-0.4, -0.2) is 36.3 Å². The predicted octanol–water partition coefficient (Wildman–Crippen LogP) is 4.25. The van der Waals surface area contributed by atoms with Crippen LogP contribution in [0.15, 0.2) is 42.5 Å². The molecule has 0 aliphatic carbocycles. The SMILES string of the molecule is Cc1ccc(NC(=O)CN2CCC(C(=O)Nc3cccc(Cl)c3C)CC2)cc1. The Morgan fingerprint density at radius 3 is 2.39 bits per heavy atom. The molecular formula is C22H26ClN3O2. The number of anilines is 2. The summed E-state index contributed by atoms with van der Waals surface area (Å²) >= 11 is 6.12. The van der Waals surface area contributed by atoms with Gasteiger partial charge in [0, 0.05) is 22.3 Å². The third kappa shape index (κ3) is 5.33. The van der Waals surface area contributed by atoms with E-state index >= 15 is 0 Å². The Kier molecular flexibility index (Phi) is 6.70. The lowest BCUT2D eigenvalue weighted by Gasteiger charge is -2.30. The third-order valence-electron chi connectivity index (χ3n) is 5.19. The number of benzene rings is 2. The lowest BCUT2D eigenvalue weighted by atomic mass is 9.95. The molecule has 0 saturated carbocycles. The van der Waals surface area contributed by atoms with E-state index in [1.54, 1.807) is 0 Å². The molecule has 1 aliphatic rings. The Morgan fingerprint density at radius 1 is 1.04 bits per heavy atom. The maximum absolute atomic E-state index is 12.6. The standard InChI is InChI=1S/C22H26ClN3O2/c1-15-6-8-18(9-7-15)24-21(27)14-26-12-10-17(11-13-26)22(28)25-20-5-3-4-19(23)16(20)2/h3-9,17H,10-14H2,1-2H3,(H,24,27)(H,25,28). The summed E-state index contributed by atoms with van der Waals surface area (Å²) in [5.74, 6) is -0.0507. The topological polar surface area (TPSA) is 61.4 Å². The van der Waals surface area contributed by atoms with Gasteiger partial charge in [0.05, 0.1) is 6.54 Å². The molecule has 28 heavy (non-hydrogen) atoms. The first-order valence-corrected chi connectivity index (χ1v) is 9.95. The van der Waals surface area contributed by atoms with Crippen molar-refractivity contribution in [1.29, 1.82) is 0 Å². The molecule has 2 N–H and O–H groups in total. The number of amides is 2. The number of halogens is 1. The molecule has 6 heteroatoms. The summed E-state index contributed by atoms with van der Waals surface area (Å²) in [6.07, 6.45) is 1.48. The maximum Gasteiger partial charge on any atom is 0.238 e. The molecule has 148 valence electrons. The number of nitrogens with one attached hydrogen (secondary N) is 2. The van der Waals surface area contributed by atoms with Crippen LogP contribution in [0.4, 0.5) is 11.4 Å². The monoisotopic (exact) mass is 399 g/mol. The quantitative estimate of drug-likeness (QED) is 0.790. The van der Waals surface area contributed by atoms with Crippen molar-refractivity contribution < 1.29 is 9.59 Å². The highest BCUT2D eigenvalue weighted by atomic mass is 35.5. The largest absolute Gasteiger partial charge is 0.326 e. The van der Waals surface area contributed by atoms with Crippen LogP contribution in [0.3, 0.4) is 0 Å². The minimum atomic E-state index is -0.0465. The highest BCUT2D eigenvalue weighted by Gasteiger charge is 2.26. The fourth-order valence-corrected chi connectivity index (χ4v) is 3.55. The highest BCUT2D eigenvalue weighted by molar-refractivity contribution is 6.31. The number of carbonyl (C=O) groups excluding carboxylic acids is 2. The van der Waals surface area contributed by atoms with Gasteiger partial charge in [0.15, 0.2) is 0 Å². The van der Waals surface area contributed by atoms with Gasteiger partial charge in [-0.25, -0.2) is 0 Å². The van der Waals surface area contributed by atoms with Crippen molar-refractivity contribution in [2.24, 2.45) is 5.92 Å². The second kappa shape index (κ2) is 9.22. The van der Waals surface area contributed by atoms with Crippen LogP contribution in [0.2, 0.25) is 5.02 Å². The zero-order valence-corrected chi connectivity index (χ0v) is 17.1. The number of aryl methyl sites for hydroxylation is 1. The lowest BCUT2D eigenvalue weighted by Crippen LogP contribution is -2.41. The van der Waals surface area contributed by atoms with Gasteiger partial charge in [-0.3, -0.25) is 14.5 Å². The van der Waals surface area contributed by atoms with E-state index in [4.69, 9.17) is 11.6 Å². The molecule has 1 saturated heterocycles. The Hall–Kier alpha value is -2.37. The Morgan fingerprint density at radius 2 is 1.71 bits per heavy atom. The van der Waals surface area contributed by atoms with Gasteiger partial charge in [0.2, 0.25) is 11.8 Å². The van der Waals surface area contributed by atoms with E-state index in [1.807, 2.05) is 56.3 Å². The summed E-state index contributed by atoms with van der Waals surface area (Å²) in [7, 11) is 0. The molecule has 2 aromatic rings. The molecule has 5 nitrogen and oxygen atoms in total. The molecule has 0 aromatic heterocycles. The van der Waals surface area contributed by atoms with E-state index < -0.39 is 0 Å². The Labute approximate surface area is 171 Å².